The number of aromatic nitrogens is 3. The fourth-order valence-corrected chi connectivity index (χ4v) is 2.59. The Hall–Kier alpha value is -3.69. The van der Waals surface area contributed by atoms with Crippen molar-refractivity contribution in [1.82, 2.24) is 20.1 Å². The number of anilines is 1. The summed E-state index contributed by atoms with van der Waals surface area (Å²) in [5.74, 6) is -0.540. The predicted molar refractivity (Wildman–Crippen MR) is 98.9 cm³/mol. The van der Waals surface area contributed by atoms with Gasteiger partial charge in [-0.2, -0.15) is 18.3 Å². The van der Waals surface area contributed by atoms with Crippen LogP contribution in [0.2, 0.25) is 0 Å². The summed E-state index contributed by atoms with van der Waals surface area (Å²) in [5, 5.41) is 9.23. The third kappa shape index (κ3) is 4.26. The minimum atomic E-state index is -4.48. The molecule has 0 radical (unpaired) electrons. The maximum Gasteiger partial charge on any atom is 0.417 e. The molecule has 3 aromatic rings. The van der Waals surface area contributed by atoms with E-state index in [0.717, 1.165) is 6.07 Å². The van der Waals surface area contributed by atoms with Gasteiger partial charge in [-0.1, -0.05) is 0 Å². The molecule has 10 heteroatoms. The summed E-state index contributed by atoms with van der Waals surface area (Å²) in [6.07, 6.45) is -2.46. The summed E-state index contributed by atoms with van der Waals surface area (Å²) in [4.78, 5) is 27.9. The van der Waals surface area contributed by atoms with E-state index in [1.54, 1.807) is 31.2 Å². The molecule has 0 fully saturated rings. The molecule has 2 aromatic heterocycles. The third-order valence-corrected chi connectivity index (χ3v) is 4.18. The van der Waals surface area contributed by atoms with Crippen molar-refractivity contribution in [2.45, 2.75) is 13.1 Å². The van der Waals surface area contributed by atoms with Gasteiger partial charge in [-0.25, -0.2) is 9.67 Å². The number of hydrogen-bond donors (Lipinski definition) is 2. The molecule has 0 bridgehead atoms. The Balaban J connectivity index is 1.78. The Morgan fingerprint density at radius 1 is 1.00 bits per heavy atom. The van der Waals surface area contributed by atoms with Gasteiger partial charge in [0.2, 0.25) is 0 Å². The summed E-state index contributed by atoms with van der Waals surface area (Å²) >= 11 is 0. The van der Waals surface area contributed by atoms with Crippen LogP contribution >= 0.6 is 0 Å². The topological polar surface area (TPSA) is 88.9 Å². The fourth-order valence-electron chi connectivity index (χ4n) is 2.59. The van der Waals surface area contributed by atoms with Crippen LogP contribution in [-0.2, 0) is 6.18 Å². The monoisotopic (exact) mass is 403 g/mol. The molecule has 0 aliphatic heterocycles. The van der Waals surface area contributed by atoms with Crippen molar-refractivity contribution < 1.29 is 22.8 Å². The quantitative estimate of drug-likeness (QED) is 0.700. The van der Waals surface area contributed by atoms with Crippen molar-refractivity contribution >= 4 is 17.5 Å². The number of rotatable bonds is 4. The highest BCUT2D eigenvalue weighted by molar-refractivity contribution is 6.05. The molecule has 0 spiro atoms. The predicted octanol–water partition coefficient (Wildman–Crippen LogP) is 3.21. The van der Waals surface area contributed by atoms with Crippen LogP contribution in [0, 0.1) is 6.92 Å². The van der Waals surface area contributed by atoms with E-state index in [9.17, 15) is 22.8 Å². The Morgan fingerprint density at radius 3 is 2.24 bits per heavy atom. The second-order valence-corrected chi connectivity index (χ2v) is 6.07. The van der Waals surface area contributed by atoms with Gasteiger partial charge in [0.1, 0.15) is 0 Å². The van der Waals surface area contributed by atoms with Crippen LogP contribution in [0.1, 0.15) is 32.0 Å². The molecule has 0 aliphatic carbocycles. The number of amides is 2. The maximum absolute atomic E-state index is 12.7. The van der Waals surface area contributed by atoms with E-state index in [-0.39, 0.29) is 17.3 Å². The molecule has 2 amide bonds. The van der Waals surface area contributed by atoms with Crippen LogP contribution in [0.15, 0.2) is 48.8 Å². The van der Waals surface area contributed by atoms with Crippen molar-refractivity contribution in [1.29, 1.82) is 0 Å². The smallest absolute Gasteiger partial charge is 0.355 e. The molecule has 150 valence electrons. The molecule has 1 aromatic carbocycles. The highest BCUT2D eigenvalue weighted by Crippen LogP contribution is 2.28. The highest BCUT2D eigenvalue weighted by atomic mass is 19.4. The molecule has 2 N–H and O–H groups in total. The van der Waals surface area contributed by atoms with Crippen LogP contribution in [0.4, 0.5) is 18.9 Å². The van der Waals surface area contributed by atoms with Gasteiger partial charge in [0, 0.05) is 24.5 Å². The lowest BCUT2D eigenvalue weighted by atomic mass is 10.2. The summed E-state index contributed by atoms with van der Waals surface area (Å²) in [6.45, 7) is 1.61. The van der Waals surface area contributed by atoms with E-state index in [2.05, 4.69) is 20.7 Å². The number of pyridine rings is 1. The molecule has 0 atom stereocenters. The van der Waals surface area contributed by atoms with E-state index in [1.165, 1.54) is 24.0 Å². The Bertz CT molecular complexity index is 1040. The molecule has 0 unspecified atom stereocenters. The van der Waals surface area contributed by atoms with Crippen molar-refractivity contribution in [3.63, 3.8) is 0 Å². The van der Waals surface area contributed by atoms with Gasteiger partial charge in [-0.15, -0.1) is 0 Å². The number of carbonyl (C=O) groups is 2. The molecule has 7 nitrogen and oxygen atoms in total. The zero-order chi connectivity index (χ0) is 21.2. The van der Waals surface area contributed by atoms with Crippen LogP contribution in [-0.4, -0.2) is 33.6 Å². The number of alkyl halides is 3. The van der Waals surface area contributed by atoms with Gasteiger partial charge >= 0.3 is 6.18 Å². The molecule has 0 saturated heterocycles. The van der Waals surface area contributed by atoms with Gasteiger partial charge in [0.05, 0.1) is 23.0 Å². The second-order valence-electron chi connectivity index (χ2n) is 6.07. The minimum Gasteiger partial charge on any atom is -0.355 e. The van der Waals surface area contributed by atoms with E-state index < -0.39 is 17.6 Å². The molecule has 0 saturated carbocycles. The Kier molecular flexibility index (Phi) is 5.35. The van der Waals surface area contributed by atoms with Gasteiger partial charge in [0.15, 0.2) is 5.82 Å². The second kappa shape index (κ2) is 7.74. The van der Waals surface area contributed by atoms with Gasteiger partial charge < -0.3 is 10.6 Å². The Labute approximate surface area is 163 Å². The zero-order valence-electron chi connectivity index (χ0n) is 15.4. The first-order chi connectivity index (χ1) is 13.7. The van der Waals surface area contributed by atoms with E-state index in [4.69, 9.17) is 0 Å². The third-order valence-electron chi connectivity index (χ3n) is 4.18. The summed E-state index contributed by atoms with van der Waals surface area (Å²) in [6, 6.07) is 8.38. The van der Waals surface area contributed by atoms with Crippen molar-refractivity contribution in [3.05, 3.63) is 71.2 Å². The normalized spacial score (nSPS) is 11.2. The largest absolute Gasteiger partial charge is 0.417 e. The van der Waals surface area contributed by atoms with Crippen LogP contribution in [0.25, 0.3) is 5.82 Å². The minimum absolute atomic E-state index is 0.157. The van der Waals surface area contributed by atoms with Crippen molar-refractivity contribution in [3.8, 4) is 5.82 Å². The van der Waals surface area contributed by atoms with Crippen LogP contribution < -0.4 is 10.6 Å². The average molecular weight is 403 g/mol. The number of nitrogens with one attached hydrogen (secondary N) is 2. The van der Waals surface area contributed by atoms with E-state index >= 15 is 0 Å². The average Bonchev–Trinajstić information content (AvgIpc) is 3.09. The fraction of sp³-hybridized carbons (Fsp3) is 0.158. The number of nitrogens with zero attached hydrogens (tertiary/aromatic N) is 3. The van der Waals surface area contributed by atoms with E-state index in [1.807, 2.05) is 0 Å². The summed E-state index contributed by atoms with van der Waals surface area (Å²) < 4.78 is 39.3. The number of benzene rings is 1. The van der Waals surface area contributed by atoms with Crippen LogP contribution in [0.3, 0.4) is 0 Å². The first kappa shape index (κ1) is 20.1. The molecular weight excluding hydrogens is 387 g/mol. The Morgan fingerprint density at radius 2 is 1.69 bits per heavy atom. The molecule has 0 aliphatic rings. The number of halogens is 3. The lowest BCUT2D eigenvalue weighted by Crippen LogP contribution is -2.18. The highest BCUT2D eigenvalue weighted by Gasteiger charge is 2.30. The standard InChI is InChI=1S/C19H16F3N5O2/c1-11-15(18(29)26-14-6-3-12(4-7-14)17(28)23-2)10-25-27(11)16-8-5-13(9-24-16)19(20,21)22/h3-10H,1-2H3,(H,23,28)(H,26,29). The molecule has 2 heterocycles. The lowest BCUT2D eigenvalue weighted by molar-refractivity contribution is -0.137. The van der Waals surface area contributed by atoms with Gasteiger partial charge in [-0.3, -0.25) is 9.59 Å². The molecular formula is C19H16F3N5O2. The summed E-state index contributed by atoms with van der Waals surface area (Å²) in [7, 11) is 1.52. The van der Waals surface area contributed by atoms with Gasteiger partial charge in [0.25, 0.3) is 11.8 Å². The summed E-state index contributed by atoms with van der Waals surface area (Å²) in [5.41, 5.74) is 0.702. The number of carbonyl (C=O) groups excluding carboxylic acids is 2. The van der Waals surface area contributed by atoms with Gasteiger partial charge in [-0.05, 0) is 43.3 Å². The van der Waals surface area contributed by atoms with E-state index in [0.29, 0.717) is 23.1 Å². The van der Waals surface area contributed by atoms with Crippen molar-refractivity contribution in [2.75, 3.05) is 12.4 Å². The molecule has 29 heavy (non-hydrogen) atoms. The first-order valence-electron chi connectivity index (χ1n) is 8.42. The van der Waals surface area contributed by atoms with Crippen molar-refractivity contribution in [2.24, 2.45) is 0 Å². The maximum atomic E-state index is 12.7. The van der Waals surface area contributed by atoms with Crippen LogP contribution in [0.5, 0.6) is 0 Å². The lowest BCUT2D eigenvalue weighted by Gasteiger charge is -2.09. The number of hydrogen-bond acceptors (Lipinski definition) is 4. The molecule has 3 rings (SSSR count). The zero-order valence-corrected chi connectivity index (χ0v) is 15.4. The SMILES string of the molecule is CNC(=O)c1ccc(NC(=O)c2cnn(-c3ccc(C(F)(F)F)cn3)c2C)cc1. The first-order valence-corrected chi connectivity index (χ1v) is 8.42.